The summed E-state index contributed by atoms with van der Waals surface area (Å²) in [5.41, 5.74) is 1.15. The number of amides is 3. The lowest BCUT2D eigenvalue weighted by Gasteiger charge is -2.12. The van der Waals surface area contributed by atoms with E-state index in [0.29, 0.717) is 37.6 Å². The highest BCUT2D eigenvalue weighted by Gasteiger charge is 2.22. The van der Waals surface area contributed by atoms with Crippen LogP contribution >= 0.6 is 0 Å². The van der Waals surface area contributed by atoms with Crippen molar-refractivity contribution in [3.8, 4) is 0 Å². The van der Waals surface area contributed by atoms with Gasteiger partial charge < -0.3 is 15.4 Å². The van der Waals surface area contributed by atoms with Gasteiger partial charge in [-0.05, 0) is 27.2 Å². The summed E-state index contributed by atoms with van der Waals surface area (Å²) >= 11 is 0. The minimum atomic E-state index is -0.861. The smallest absolute Gasteiger partial charge is 0.314 e. The number of nitrogens with zero attached hydrogens (tertiary/aromatic N) is 4. The van der Waals surface area contributed by atoms with Gasteiger partial charge in [0.15, 0.2) is 0 Å². The maximum absolute atomic E-state index is 12.1. The van der Waals surface area contributed by atoms with Gasteiger partial charge >= 0.3 is 11.8 Å². The molecule has 0 aliphatic carbocycles. The van der Waals surface area contributed by atoms with Crippen LogP contribution in [0.1, 0.15) is 26.0 Å². The summed E-state index contributed by atoms with van der Waals surface area (Å²) < 4.78 is 6.36. The normalized spacial score (nSPS) is 13.9. The van der Waals surface area contributed by atoms with E-state index in [0.717, 1.165) is 0 Å². The zero-order valence-corrected chi connectivity index (χ0v) is 15.5. The van der Waals surface area contributed by atoms with Crippen molar-refractivity contribution in [1.82, 2.24) is 15.1 Å². The molecule has 1 aliphatic heterocycles. The number of aliphatic imine (C=N–C) groups is 2. The summed E-state index contributed by atoms with van der Waals surface area (Å²) in [6, 6.07) is 1.54. The van der Waals surface area contributed by atoms with E-state index in [1.807, 2.05) is 6.92 Å². The second kappa shape index (κ2) is 8.99. The van der Waals surface area contributed by atoms with Gasteiger partial charge in [0, 0.05) is 25.8 Å². The van der Waals surface area contributed by atoms with Crippen molar-refractivity contribution in [3.63, 3.8) is 0 Å². The molecule has 0 spiro atoms. The van der Waals surface area contributed by atoms with Crippen molar-refractivity contribution in [2.75, 3.05) is 25.1 Å². The Bertz CT molecular complexity index is 836. The van der Waals surface area contributed by atoms with Crippen LogP contribution in [0.25, 0.3) is 0 Å². The Labute approximate surface area is 156 Å². The molecule has 1 aliphatic rings. The van der Waals surface area contributed by atoms with Crippen LogP contribution in [0.2, 0.25) is 0 Å². The van der Waals surface area contributed by atoms with E-state index in [1.54, 1.807) is 19.9 Å². The van der Waals surface area contributed by atoms with Crippen LogP contribution in [-0.2, 0) is 19.1 Å². The Balaban J connectivity index is 2.07. The molecule has 0 radical (unpaired) electrons. The second-order valence-electron chi connectivity index (χ2n) is 5.74. The SMILES string of the molecule is C=C1C(=O)N=C(n2nc(C)cc2NC(=O)C(=O)NCCCOCC)N=C1C. The fourth-order valence-electron chi connectivity index (χ4n) is 2.17. The lowest BCUT2D eigenvalue weighted by molar-refractivity contribution is -0.136. The lowest BCUT2D eigenvalue weighted by atomic mass is 10.2. The molecule has 0 saturated heterocycles. The van der Waals surface area contributed by atoms with Gasteiger partial charge in [-0.1, -0.05) is 6.58 Å². The summed E-state index contributed by atoms with van der Waals surface area (Å²) in [5, 5.41) is 9.13. The van der Waals surface area contributed by atoms with Gasteiger partial charge in [-0.2, -0.15) is 14.8 Å². The molecule has 0 atom stereocenters. The van der Waals surface area contributed by atoms with Gasteiger partial charge in [0.1, 0.15) is 5.82 Å². The summed E-state index contributed by atoms with van der Waals surface area (Å²) in [6.07, 6.45) is 0.598. The number of anilines is 1. The lowest BCUT2D eigenvalue weighted by Crippen LogP contribution is -2.37. The van der Waals surface area contributed by atoms with Crippen LogP contribution in [0.15, 0.2) is 28.2 Å². The number of aromatic nitrogens is 2. The van der Waals surface area contributed by atoms with Crippen molar-refractivity contribution in [2.45, 2.75) is 27.2 Å². The number of carbonyl (C=O) groups excluding carboxylic acids is 3. The zero-order chi connectivity index (χ0) is 20.0. The first-order valence-electron chi connectivity index (χ1n) is 8.45. The molecule has 10 heteroatoms. The molecule has 3 amide bonds. The average molecular weight is 374 g/mol. The Kier molecular flexibility index (Phi) is 6.72. The summed E-state index contributed by atoms with van der Waals surface area (Å²) in [4.78, 5) is 43.9. The summed E-state index contributed by atoms with van der Waals surface area (Å²) in [6.45, 7) is 10.2. The molecule has 1 aromatic heterocycles. The van der Waals surface area contributed by atoms with Crippen molar-refractivity contribution < 1.29 is 19.1 Å². The van der Waals surface area contributed by atoms with E-state index in [-0.39, 0.29) is 17.4 Å². The first-order chi connectivity index (χ1) is 12.8. The minimum Gasteiger partial charge on any atom is -0.382 e. The van der Waals surface area contributed by atoms with Gasteiger partial charge in [0.25, 0.3) is 11.9 Å². The third-order valence-corrected chi connectivity index (χ3v) is 3.59. The molecule has 0 aromatic carbocycles. The number of carbonyl (C=O) groups is 3. The van der Waals surface area contributed by atoms with Gasteiger partial charge in [0.2, 0.25) is 0 Å². The third-order valence-electron chi connectivity index (χ3n) is 3.59. The molecule has 27 heavy (non-hydrogen) atoms. The van der Waals surface area contributed by atoms with E-state index in [4.69, 9.17) is 4.74 Å². The van der Waals surface area contributed by atoms with Crippen molar-refractivity contribution in [3.05, 3.63) is 23.9 Å². The predicted molar refractivity (Wildman–Crippen MR) is 99.8 cm³/mol. The zero-order valence-electron chi connectivity index (χ0n) is 15.5. The van der Waals surface area contributed by atoms with Crippen molar-refractivity contribution in [1.29, 1.82) is 0 Å². The highest BCUT2D eigenvalue weighted by Crippen LogP contribution is 2.14. The van der Waals surface area contributed by atoms with Gasteiger partial charge in [-0.3, -0.25) is 14.4 Å². The largest absolute Gasteiger partial charge is 0.382 e. The number of nitrogens with one attached hydrogen (secondary N) is 2. The van der Waals surface area contributed by atoms with Crippen LogP contribution in [-0.4, -0.2) is 58.9 Å². The molecular formula is C17H22N6O4. The first kappa shape index (κ1) is 20.2. The predicted octanol–water partition coefficient (Wildman–Crippen LogP) is 0.434. The Morgan fingerprint density at radius 3 is 2.67 bits per heavy atom. The van der Waals surface area contributed by atoms with E-state index < -0.39 is 17.7 Å². The molecule has 0 fully saturated rings. The van der Waals surface area contributed by atoms with Gasteiger partial charge in [0.05, 0.1) is 17.0 Å². The molecular weight excluding hydrogens is 352 g/mol. The first-order valence-corrected chi connectivity index (χ1v) is 8.45. The molecule has 1 aromatic rings. The molecule has 0 bridgehead atoms. The third kappa shape index (κ3) is 5.17. The van der Waals surface area contributed by atoms with E-state index in [1.165, 1.54) is 4.68 Å². The quantitative estimate of drug-likeness (QED) is 0.424. The fourth-order valence-corrected chi connectivity index (χ4v) is 2.17. The van der Waals surface area contributed by atoms with Gasteiger partial charge in [-0.15, -0.1) is 0 Å². The van der Waals surface area contributed by atoms with E-state index in [2.05, 4.69) is 32.3 Å². The highest BCUT2D eigenvalue weighted by molar-refractivity contribution is 6.39. The maximum Gasteiger partial charge on any atom is 0.314 e. The Morgan fingerprint density at radius 1 is 1.26 bits per heavy atom. The van der Waals surface area contributed by atoms with Crippen LogP contribution in [0, 0.1) is 6.92 Å². The number of rotatable bonds is 6. The second-order valence-corrected chi connectivity index (χ2v) is 5.74. The molecule has 2 N–H and O–H groups in total. The molecule has 0 saturated carbocycles. The Morgan fingerprint density at radius 2 is 2.00 bits per heavy atom. The molecule has 2 rings (SSSR count). The van der Waals surface area contributed by atoms with Crippen molar-refractivity contribution in [2.24, 2.45) is 9.98 Å². The molecule has 10 nitrogen and oxygen atoms in total. The summed E-state index contributed by atoms with van der Waals surface area (Å²) in [5.74, 6) is -2.01. The standard InChI is InChI=1S/C17H22N6O4/c1-5-27-8-6-7-18-15(25)16(26)20-13-9-10(2)22-23(13)17-19-12(4)11(3)14(24)21-17/h9H,3,5-8H2,1-2,4H3,(H,18,25)(H,20,26). The number of hydrogen-bond donors (Lipinski definition) is 2. The summed E-state index contributed by atoms with van der Waals surface area (Å²) in [7, 11) is 0. The van der Waals surface area contributed by atoms with Crippen LogP contribution < -0.4 is 10.6 Å². The van der Waals surface area contributed by atoms with Crippen LogP contribution in [0.3, 0.4) is 0 Å². The van der Waals surface area contributed by atoms with Crippen LogP contribution in [0.5, 0.6) is 0 Å². The molecule has 0 unspecified atom stereocenters. The highest BCUT2D eigenvalue weighted by atomic mass is 16.5. The number of aryl methyl sites for hydroxylation is 1. The maximum atomic E-state index is 12.1. The van der Waals surface area contributed by atoms with E-state index >= 15 is 0 Å². The van der Waals surface area contributed by atoms with Crippen molar-refractivity contribution >= 4 is 35.2 Å². The minimum absolute atomic E-state index is 0.00887. The number of hydrogen-bond acceptors (Lipinski definition) is 6. The van der Waals surface area contributed by atoms with Crippen LogP contribution in [0.4, 0.5) is 5.82 Å². The fraction of sp³-hybridized carbons (Fsp3) is 0.412. The average Bonchev–Trinajstić information content (AvgIpc) is 2.99. The number of ether oxygens (including phenoxy) is 1. The Hall–Kier alpha value is -3.14. The monoisotopic (exact) mass is 374 g/mol. The topological polar surface area (TPSA) is 127 Å². The van der Waals surface area contributed by atoms with E-state index in [9.17, 15) is 14.4 Å². The van der Waals surface area contributed by atoms with Gasteiger partial charge in [-0.25, -0.2) is 4.99 Å². The molecule has 144 valence electrons. The molecule has 2 heterocycles.